The van der Waals surface area contributed by atoms with Crippen LogP contribution in [0.25, 0.3) is 0 Å². The van der Waals surface area contributed by atoms with Crippen molar-refractivity contribution < 1.29 is 9.53 Å². The number of hydrogen-bond acceptors (Lipinski definition) is 6. The van der Waals surface area contributed by atoms with Gasteiger partial charge in [0.25, 0.3) is 5.56 Å². The number of aryl methyl sites for hydroxylation is 2. The number of ether oxygens (including phenoxy) is 1. The topological polar surface area (TPSA) is 98.1 Å². The molecule has 0 saturated carbocycles. The fraction of sp³-hybridized carbons (Fsp3) is 0.500. The van der Waals surface area contributed by atoms with Crippen LogP contribution in [0.15, 0.2) is 23.1 Å². The minimum atomic E-state index is -0.337. The van der Waals surface area contributed by atoms with E-state index in [4.69, 9.17) is 4.74 Å². The monoisotopic (exact) mass is 361 g/mol. The van der Waals surface area contributed by atoms with Gasteiger partial charge in [-0.15, -0.1) is 11.3 Å². The third kappa shape index (κ3) is 3.42. The molecule has 1 aliphatic carbocycles. The summed E-state index contributed by atoms with van der Waals surface area (Å²) in [6, 6.07) is 2.07. The number of aromatic nitrogens is 3. The first-order valence-electron chi connectivity index (χ1n) is 8.38. The highest BCUT2D eigenvalue weighted by atomic mass is 32.1. The summed E-state index contributed by atoms with van der Waals surface area (Å²) in [5.74, 6) is 0. The van der Waals surface area contributed by atoms with E-state index in [2.05, 4.69) is 20.7 Å². The summed E-state index contributed by atoms with van der Waals surface area (Å²) in [6.45, 7) is 0.683. The van der Waals surface area contributed by atoms with Crippen LogP contribution in [0.5, 0.6) is 0 Å². The van der Waals surface area contributed by atoms with Gasteiger partial charge in [0.15, 0.2) is 5.13 Å². The fourth-order valence-corrected chi connectivity index (χ4v) is 4.29. The molecule has 2 aliphatic rings. The summed E-state index contributed by atoms with van der Waals surface area (Å²) in [7, 11) is 0. The Kier molecular flexibility index (Phi) is 4.50. The number of carbonyl (C=O) groups is 1. The quantitative estimate of drug-likeness (QED) is 0.860. The molecule has 2 amide bonds. The standard InChI is InChI=1S/C16H19N5O3S/c22-14-6-3-7-17-21(14)12-9-24-8-11(12)18-15(23)20-16-19-10-4-1-2-5-13(10)25-16/h3,6-7,11-12H,1-2,4-5,8-9H2,(H2,18,19,20,23). The Labute approximate surface area is 148 Å². The number of nitrogens with zero attached hydrogens (tertiary/aromatic N) is 3. The molecule has 1 fully saturated rings. The number of rotatable bonds is 3. The first-order valence-corrected chi connectivity index (χ1v) is 9.20. The molecule has 132 valence electrons. The van der Waals surface area contributed by atoms with Crippen LogP contribution in [-0.2, 0) is 17.6 Å². The third-order valence-corrected chi connectivity index (χ3v) is 5.56. The zero-order chi connectivity index (χ0) is 17.2. The van der Waals surface area contributed by atoms with Gasteiger partial charge in [0, 0.05) is 17.1 Å². The number of urea groups is 1. The molecule has 25 heavy (non-hydrogen) atoms. The van der Waals surface area contributed by atoms with E-state index in [1.54, 1.807) is 12.3 Å². The molecular weight excluding hydrogens is 342 g/mol. The highest BCUT2D eigenvalue weighted by Crippen LogP contribution is 2.29. The first kappa shape index (κ1) is 16.2. The van der Waals surface area contributed by atoms with Crippen LogP contribution in [0.4, 0.5) is 9.93 Å². The molecule has 4 rings (SSSR count). The lowest BCUT2D eigenvalue weighted by atomic mass is 10.0. The van der Waals surface area contributed by atoms with Crippen molar-refractivity contribution in [3.63, 3.8) is 0 Å². The molecule has 3 heterocycles. The fourth-order valence-electron chi connectivity index (χ4n) is 3.25. The number of amides is 2. The molecule has 0 bridgehead atoms. The zero-order valence-electron chi connectivity index (χ0n) is 13.6. The Morgan fingerprint density at radius 1 is 1.32 bits per heavy atom. The second-order valence-electron chi connectivity index (χ2n) is 6.21. The van der Waals surface area contributed by atoms with Crippen LogP contribution in [0.1, 0.15) is 29.5 Å². The molecule has 0 spiro atoms. The Morgan fingerprint density at radius 3 is 3.04 bits per heavy atom. The first-order chi connectivity index (χ1) is 12.2. The SMILES string of the molecule is O=C(Nc1nc2c(s1)CCCC2)NC1COCC1n1ncccc1=O. The van der Waals surface area contributed by atoms with E-state index in [-0.39, 0.29) is 23.7 Å². The van der Waals surface area contributed by atoms with Gasteiger partial charge in [0.2, 0.25) is 0 Å². The number of nitrogens with one attached hydrogen (secondary N) is 2. The van der Waals surface area contributed by atoms with Crippen molar-refractivity contribution in [1.29, 1.82) is 0 Å². The second-order valence-corrected chi connectivity index (χ2v) is 7.30. The Hall–Kier alpha value is -2.26. The zero-order valence-corrected chi connectivity index (χ0v) is 14.4. The maximum Gasteiger partial charge on any atom is 0.321 e. The number of carbonyl (C=O) groups excluding carboxylic acids is 1. The molecule has 0 radical (unpaired) electrons. The van der Waals surface area contributed by atoms with Crippen LogP contribution >= 0.6 is 11.3 Å². The van der Waals surface area contributed by atoms with Gasteiger partial charge < -0.3 is 10.1 Å². The van der Waals surface area contributed by atoms with E-state index < -0.39 is 0 Å². The lowest BCUT2D eigenvalue weighted by molar-refractivity contribution is 0.181. The van der Waals surface area contributed by atoms with Crippen molar-refractivity contribution in [3.05, 3.63) is 39.3 Å². The van der Waals surface area contributed by atoms with Gasteiger partial charge in [-0.25, -0.2) is 14.5 Å². The second kappa shape index (κ2) is 6.93. The van der Waals surface area contributed by atoms with Gasteiger partial charge >= 0.3 is 6.03 Å². The molecule has 8 nitrogen and oxygen atoms in total. The molecule has 2 N–H and O–H groups in total. The van der Waals surface area contributed by atoms with Crippen molar-refractivity contribution >= 4 is 22.5 Å². The largest absolute Gasteiger partial charge is 0.377 e. The molecule has 2 aromatic rings. The minimum Gasteiger partial charge on any atom is -0.377 e. The maximum absolute atomic E-state index is 12.3. The van der Waals surface area contributed by atoms with Gasteiger partial charge in [0.05, 0.1) is 24.9 Å². The van der Waals surface area contributed by atoms with Crippen LogP contribution in [-0.4, -0.2) is 40.1 Å². The summed E-state index contributed by atoms with van der Waals surface area (Å²) >= 11 is 1.54. The van der Waals surface area contributed by atoms with Gasteiger partial charge in [-0.2, -0.15) is 5.10 Å². The molecule has 0 aromatic carbocycles. The predicted molar refractivity (Wildman–Crippen MR) is 93.1 cm³/mol. The summed E-state index contributed by atoms with van der Waals surface area (Å²) in [5.41, 5.74) is 0.895. The third-order valence-electron chi connectivity index (χ3n) is 4.49. The molecule has 9 heteroatoms. The van der Waals surface area contributed by atoms with Crippen molar-refractivity contribution in [2.45, 2.75) is 37.8 Å². The van der Waals surface area contributed by atoms with Gasteiger partial charge in [-0.3, -0.25) is 10.1 Å². The smallest absolute Gasteiger partial charge is 0.321 e. The normalized spacial score (nSPS) is 22.4. The molecule has 2 unspecified atom stereocenters. The van der Waals surface area contributed by atoms with E-state index in [1.165, 1.54) is 33.4 Å². The molecule has 1 saturated heterocycles. The number of hydrogen-bond donors (Lipinski definition) is 2. The van der Waals surface area contributed by atoms with E-state index in [9.17, 15) is 9.59 Å². The Balaban J connectivity index is 1.42. The van der Waals surface area contributed by atoms with Crippen LogP contribution in [0.2, 0.25) is 0 Å². The van der Waals surface area contributed by atoms with E-state index in [1.807, 2.05) is 0 Å². The summed E-state index contributed by atoms with van der Waals surface area (Å²) in [4.78, 5) is 30.0. The lowest BCUT2D eigenvalue weighted by Crippen LogP contribution is -2.45. The van der Waals surface area contributed by atoms with Crippen molar-refractivity contribution in [1.82, 2.24) is 20.1 Å². The van der Waals surface area contributed by atoms with E-state index in [0.29, 0.717) is 18.3 Å². The van der Waals surface area contributed by atoms with E-state index in [0.717, 1.165) is 25.0 Å². The van der Waals surface area contributed by atoms with Crippen molar-refractivity contribution in [2.24, 2.45) is 0 Å². The predicted octanol–water partition coefficient (Wildman–Crippen LogP) is 1.34. The van der Waals surface area contributed by atoms with Crippen LogP contribution < -0.4 is 16.2 Å². The summed E-state index contributed by atoms with van der Waals surface area (Å²) in [5, 5.41) is 10.4. The van der Waals surface area contributed by atoms with Gasteiger partial charge in [-0.05, 0) is 31.7 Å². The van der Waals surface area contributed by atoms with E-state index >= 15 is 0 Å². The highest BCUT2D eigenvalue weighted by Gasteiger charge is 2.32. The average Bonchev–Trinajstić information content (AvgIpc) is 3.21. The van der Waals surface area contributed by atoms with Crippen LogP contribution in [0, 0.1) is 0 Å². The molecule has 2 aromatic heterocycles. The van der Waals surface area contributed by atoms with Gasteiger partial charge in [0.1, 0.15) is 6.04 Å². The Bertz CT molecular complexity index is 810. The maximum atomic E-state index is 12.3. The molecular formula is C16H19N5O3S. The summed E-state index contributed by atoms with van der Waals surface area (Å²) in [6.07, 6.45) is 5.91. The Morgan fingerprint density at radius 2 is 2.20 bits per heavy atom. The minimum absolute atomic E-state index is 0.210. The average molecular weight is 361 g/mol. The molecule has 2 atom stereocenters. The number of fused-ring (bicyclic) bond motifs is 1. The van der Waals surface area contributed by atoms with Crippen LogP contribution in [0.3, 0.4) is 0 Å². The number of anilines is 1. The highest BCUT2D eigenvalue weighted by molar-refractivity contribution is 7.15. The van der Waals surface area contributed by atoms with Crippen molar-refractivity contribution in [3.8, 4) is 0 Å². The summed E-state index contributed by atoms with van der Waals surface area (Å²) < 4.78 is 6.80. The molecule has 1 aliphatic heterocycles. The van der Waals surface area contributed by atoms with Crippen molar-refractivity contribution in [2.75, 3.05) is 18.5 Å². The number of thiazole rings is 1. The van der Waals surface area contributed by atoms with Gasteiger partial charge in [-0.1, -0.05) is 0 Å². The lowest BCUT2D eigenvalue weighted by Gasteiger charge is -2.19.